The molecule has 0 bridgehead atoms. The van der Waals surface area contributed by atoms with Crippen molar-refractivity contribution in [2.75, 3.05) is 26.2 Å². The number of carbonyl (C=O) groups excluding carboxylic acids is 1. The first-order valence-corrected chi connectivity index (χ1v) is 8.81. The average molecular weight is 343 g/mol. The number of urea groups is 1. The molecule has 1 aliphatic heterocycles. The van der Waals surface area contributed by atoms with Crippen molar-refractivity contribution >= 4 is 6.03 Å². The van der Waals surface area contributed by atoms with E-state index < -0.39 is 0 Å². The van der Waals surface area contributed by atoms with Gasteiger partial charge in [0.2, 0.25) is 0 Å². The fourth-order valence-corrected chi connectivity index (χ4v) is 2.97. The number of ether oxygens (including phenoxy) is 1. The smallest absolute Gasteiger partial charge is 0.315 e. The molecule has 1 aliphatic rings. The molecule has 0 radical (unpaired) electrons. The molecule has 1 fully saturated rings. The molecular formula is C20H29N3O2. The molecule has 0 aromatic heterocycles. The van der Waals surface area contributed by atoms with Crippen LogP contribution in [-0.2, 0) is 6.54 Å². The summed E-state index contributed by atoms with van der Waals surface area (Å²) in [5, 5.41) is 5.99. The van der Waals surface area contributed by atoms with Crippen molar-refractivity contribution in [3.8, 4) is 5.75 Å². The highest BCUT2D eigenvalue weighted by molar-refractivity contribution is 5.74. The highest BCUT2D eigenvalue weighted by Gasteiger charge is 2.20. The molecule has 5 nitrogen and oxygen atoms in total. The third-order valence-corrected chi connectivity index (χ3v) is 4.19. The summed E-state index contributed by atoms with van der Waals surface area (Å²) in [6.45, 7) is 13.5. The summed E-state index contributed by atoms with van der Waals surface area (Å²) in [5.74, 6) is 0.774. The van der Waals surface area contributed by atoms with Gasteiger partial charge in [-0.15, -0.1) is 0 Å². The van der Waals surface area contributed by atoms with Gasteiger partial charge >= 0.3 is 6.03 Å². The van der Waals surface area contributed by atoms with E-state index in [-0.39, 0.29) is 12.1 Å². The first-order chi connectivity index (χ1) is 12.1. The normalized spacial score (nSPS) is 15.4. The number of hydrogen-bond acceptors (Lipinski definition) is 3. The van der Waals surface area contributed by atoms with Crippen LogP contribution in [-0.4, -0.2) is 43.2 Å². The van der Waals surface area contributed by atoms with Gasteiger partial charge in [-0.25, -0.2) is 4.79 Å². The number of likely N-dealkylation sites (tertiary alicyclic amines) is 1. The molecule has 1 heterocycles. The Morgan fingerprint density at radius 2 is 2.08 bits per heavy atom. The van der Waals surface area contributed by atoms with Gasteiger partial charge in [0.1, 0.15) is 12.4 Å². The lowest BCUT2D eigenvalue weighted by molar-refractivity contribution is 0.201. The van der Waals surface area contributed by atoms with E-state index in [1.165, 1.54) is 5.57 Å². The Hall–Kier alpha value is -2.27. The molecule has 2 rings (SSSR count). The Morgan fingerprint density at radius 3 is 2.76 bits per heavy atom. The Kier molecular flexibility index (Phi) is 7.54. The zero-order valence-electron chi connectivity index (χ0n) is 15.1. The van der Waals surface area contributed by atoms with Gasteiger partial charge in [0, 0.05) is 37.8 Å². The molecule has 1 saturated heterocycles. The van der Waals surface area contributed by atoms with E-state index in [9.17, 15) is 4.79 Å². The van der Waals surface area contributed by atoms with Gasteiger partial charge in [-0.1, -0.05) is 43.0 Å². The second-order valence-electron chi connectivity index (χ2n) is 6.54. The first-order valence-electron chi connectivity index (χ1n) is 8.81. The predicted molar refractivity (Wildman–Crippen MR) is 102 cm³/mol. The number of nitrogens with one attached hydrogen (secondary N) is 2. The Morgan fingerprint density at radius 1 is 1.36 bits per heavy atom. The van der Waals surface area contributed by atoms with Gasteiger partial charge in [-0.05, 0) is 25.8 Å². The van der Waals surface area contributed by atoms with Crippen LogP contribution in [0.5, 0.6) is 5.75 Å². The summed E-state index contributed by atoms with van der Waals surface area (Å²) in [4.78, 5) is 14.5. The van der Waals surface area contributed by atoms with E-state index in [2.05, 4.69) is 28.7 Å². The van der Waals surface area contributed by atoms with Crippen LogP contribution in [0.15, 0.2) is 49.1 Å². The molecule has 0 atom stereocenters. The quantitative estimate of drug-likeness (QED) is 0.713. The first kappa shape index (κ1) is 19.1. The molecule has 0 aliphatic carbocycles. The largest absolute Gasteiger partial charge is 0.489 e. The average Bonchev–Trinajstić information content (AvgIpc) is 2.60. The van der Waals surface area contributed by atoms with Crippen LogP contribution < -0.4 is 15.4 Å². The van der Waals surface area contributed by atoms with Crippen LogP contribution in [0.1, 0.15) is 25.3 Å². The van der Waals surface area contributed by atoms with Crippen LogP contribution in [0.2, 0.25) is 0 Å². The van der Waals surface area contributed by atoms with Gasteiger partial charge in [0.15, 0.2) is 0 Å². The second-order valence-corrected chi connectivity index (χ2v) is 6.54. The Bertz CT molecular complexity index is 592. The number of rotatable bonds is 8. The Balaban J connectivity index is 1.74. The van der Waals surface area contributed by atoms with Crippen molar-refractivity contribution in [1.29, 1.82) is 0 Å². The molecule has 2 amide bonds. The number of para-hydroxylation sites is 1. The SMILES string of the molecule is C=CCOc1ccccc1CNC(=O)NC1CCN(CC(=C)C)CC1. The van der Waals surface area contributed by atoms with Crippen molar-refractivity contribution in [2.45, 2.75) is 32.4 Å². The third kappa shape index (κ3) is 6.63. The summed E-state index contributed by atoms with van der Waals surface area (Å²) in [6.07, 6.45) is 3.65. The van der Waals surface area contributed by atoms with Gasteiger partial charge in [0.25, 0.3) is 0 Å². The van der Waals surface area contributed by atoms with E-state index in [4.69, 9.17) is 4.74 Å². The van der Waals surface area contributed by atoms with Crippen LogP contribution in [0.4, 0.5) is 4.79 Å². The summed E-state index contributed by atoms with van der Waals surface area (Å²) in [6, 6.07) is 7.81. The predicted octanol–water partition coefficient (Wildman–Crippen LogP) is 3.09. The second kappa shape index (κ2) is 9.89. The van der Waals surface area contributed by atoms with Crippen molar-refractivity contribution in [3.63, 3.8) is 0 Å². The van der Waals surface area contributed by atoms with Crippen molar-refractivity contribution in [1.82, 2.24) is 15.5 Å². The highest BCUT2D eigenvalue weighted by atomic mass is 16.5. The zero-order chi connectivity index (χ0) is 18.1. The third-order valence-electron chi connectivity index (χ3n) is 4.19. The lowest BCUT2D eigenvalue weighted by Crippen LogP contribution is -2.47. The maximum atomic E-state index is 12.2. The number of amides is 2. The minimum Gasteiger partial charge on any atom is -0.489 e. The summed E-state index contributed by atoms with van der Waals surface area (Å²) in [5.41, 5.74) is 2.14. The maximum absolute atomic E-state index is 12.2. The van der Waals surface area contributed by atoms with Crippen LogP contribution >= 0.6 is 0 Å². The summed E-state index contributed by atoms with van der Waals surface area (Å²) >= 11 is 0. The van der Waals surface area contributed by atoms with Gasteiger partial charge in [-0.2, -0.15) is 0 Å². The molecule has 1 aromatic carbocycles. The van der Waals surface area contributed by atoms with E-state index in [0.717, 1.165) is 43.8 Å². The summed E-state index contributed by atoms with van der Waals surface area (Å²) in [7, 11) is 0. The van der Waals surface area contributed by atoms with E-state index in [1.807, 2.05) is 31.2 Å². The van der Waals surface area contributed by atoms with E-state index >= 15 is 0 Å². The highest BCUT2D eigenvalue weighted by Crippen LogP contribution is 2.17. The molecule has 136 valence electrons. The molecule has 25 heavy (non-hydrogen) atoms. The number of carbonyl (C=O) groups is 1. The van der Waals surface area contributed by atoms with E-state index in [0.29, 0.717) is 13.2 Å². The van der Waals surface area contributed by atoms with Gasteiger partial charge in [-0.3, -0.25) is 4.90 Å². The minimum atomic E-state index is -0.128. The molecule has 5 heteroatoms. The number of benzene rings is 1. The molecule has 1 aromatic rings. The lowest BCUT2D eigenvalue weighted by atomic mass is 10.0. The molecule has 0 saturated carbocycles. The lowest BCUT2D eigenvalue weighted by Gasteiger charge is -2.32. The fourth-order valence-electron chi connectivity index (χ4n) is 2.97. The van der Waals surface area contributed by atoms with E-state index in [1.54, 1.807) is 6.08 Å². The molecule has 0 spiro atoms. The monoisotopic (exact) mass is 343 g/mol. The van der Waals surface area contributed by atoms with Crippen molar-refractivity contribution < 1.29 is 9.53 Å². The van der Waals surface area contributed by atoms with Crippen LogP contribution in [0.3, 0.4) is 0 Å². The van der Waals surface area contributed by atoms with Crippen LogP contribution in [0.25, 0.3) is 0 Å². The number of hydrogen-bond donors (Lipinski definition) is 2. The number of nitrogens with zero attached hydrogens (tertiary/aromatic N) is 1. The maximum Gasteiger partial charge on any atom is 0.315 e. The fraction of sp³-hybridized carbons (Fsp3) is 0.450. The van der Waals surface area contributed by atoms with Gasteiger partial charge in [0.05, 0.1) is 0 Å². The molecule has 0 unspecified atom stereocenters. The summed E-state index contributed by atoms with van der Waals surface area (Å²) < 4.78 is 5.61. The van der Waals surface area contributed by atoms with Gasteiger partial charge < -0.3 is 15.4 Å². The van der Waals surface area contributed by atoms with Crippen molar-refractivity contribution in [3.05, 3.63) is 54.6 Å². The topological polar surface area (TPSA) is 53.6 Å². The number of piperidine rings is 1. The zero-order valence-corrected chi connectivity index (χ0v) is 15.1. The standard InChI is InChI=1S/C20H29N3O2/c1-4-13-25-19-8-6-5-7-17(19)14-21-20(24)22-18-9-11-23(12-10-18)15-16(2)3/h4-8,18H,1-2,9-15H2,3H3,(H2,21,22,24). The van der Waals surface area contributed by atoms with Crippen LogP contribution in [0, 0.1) is 0 Å². The molecular weight excluding hydrogens is 314 g/mol. The minimum absolute atomic E-state index is 0.128. The molecule has 2 N–H and O–H groups in total. The van der Waals surface area contributed by atoms with Crippen molar-refractivity contribution in [2.24, 2.45) is 0 Å². The Labute approximate surface area is 150 Å².